The lowest BCUT2D eigenvalue weighted by atomic mass is 9.69. The summed E-state index contributed by atoms with van der Waals surface area (Å²) in [4.78, 5) is 2.48. The van der Waals surface area contributed by atoms with Crippen LogP contribution in [0.3, 0.4) is 0 Å². The Hall–Kier alpha value is -6.64. The zero-order valence-electron chi connectivity index (χ0n) is 33.5. The molecule has 1 unspecified atom stereocenters. The summed E-state index contributed by atoms with van der Waals surface area (Å²) < 4.78 is 6.36. The molecule has 1 heterocycles. The van der Waals surface area contributed by atoms with Gasteiger partial charge in [0, 0.05) is 33.2 Å². The third kappa shape index (κ3) is 4.33. The first-order chi connectivity index (χ1) is 28.1. The van der Waals surface area contributed by atoms with E-state index >= 15 is 0 Å². The number of nitrogens with zero attached hydrogens (tertiary/aromatic N) is 1. The molecule has 0 amide bonds. The Balaban J connectivity index is 1.14. The van der Waals surface area contributed by atoms with Crippen LogP contribution in [0, 0.1) is 0 Å². The van der Waals surface area contributed by atoms with E-state index in [0.717, 1.165) is 39.0 Å². The largest absolute Gasteiger partial charge is 0.456 e. The van der Waals surface area contributed by atoms with Crippen molar-refractivity contribution in [3.63, 3.8) is 0 Å². The van der Waals surface area contributed by atoms with Crippen LogP contribution in [0.25, 0.3) is 55.3 Å². The first kappa shape index (κ1) is 33.5. The summed E-state index contributed by atoms with van der Waals surface area (Å²) in [5, 5.41) is 2.24. The molecule has 0 bridgehead atoms. The van der Waals surface area contributed by atoms with E-state index in [4.69, 9.17) is 4.42 Å². The molecule has 0 radical (unpaired) electrons. The predicted molar refractivity (Wildman–Crippen MR) is 241 cm³/mol. The maximum Gasteiger partial charge on any atom is 0.135 e. The van der Waals surface area contributed by atoms with Gasteiger partial charge in [-0.05, 0) is 126 Å². The summed E-state index contributed by atoms with van der Waals surface area (Å²) in [5.41, 5.74) is 22.0. The lowest BCUT2D eigenvalue weighted by Crippen LogP contribution is -2.27. The van der Waals surface area contributed by atoms with Crippen molar-refractivity contribution in [2.45, 2.75) is 50.9 Å². The molecule has 12 rings (SSSR count). The maximum atomic E-state index is 6.36. The van der Waals surface area contributed by atoms with Gasteiger partial charge in [-0.25, -0.2) is 0 Å². The van der Waals surface area contributed by atoms with Crippen molar-refractivity contribution < 1.29 is 4.42 Å². The van der Waals surface area contributed by atoms with Crippen molar-refractivity contribution in [2.75, 3.05) is 4.90 Å². The van der Waals surface area contributed by atoms with Gasteiger partial charge < -0.3 is 9.32 Å². The van der Waals surface area contributed by atoms with Crippen molar-refractivity contribution in [3.05, 3.63) is 209 Å². The third-order valence-electron chi connectivity index (χ3n) is 13.6. The number of hydrogen-bond donors (Lipinski definition) is 0. The fourth-order valence-electron chi connectivity index (χ4n) is 10.9. The Morgan fingerprint density at radius 2 is 0.862 bits per heavy atom. The van der Waals surface area contributed by atoms with Crippen LogP contribution < -0.4 is 4.90 Å². The molecule has 1 aromatic heterocycles. The quantitative estimate of drug-likeness (QED) is 0.179. The molecule has 0 saturated heterocycles. The van der Waals surface area contributed by atoms with E-state index in [0.29, 0.717) is 0 Å². The lowest BCUT2D eigenvalue weighted by Gasteiger charge is -2.33. The van der Waals surface area contributed by atoms with Gasteiger partial charge in [0.25, 0.3) is 0 Å². The molecule has 58 heavy (non-hydrogen) atoms. The second kappa shape index (κ2) is 11.5. The first-order valence-electron chi connectivity index (χ1n) is 20.6. The Morgan fingerprint density at radius 1 is 0.397 bits per heavy atom. The first-order valence-corrected chi connectivity index (χ1v) is 20.6. The van der Waals surface area contributed by atoms with Crippen molar-refractivity contribution >= 4 is 39.0 Å². The molecule has 3 aliphatic carbocycles. The van der Waals surface area contributed by atoms with Gasteiger partial charge in [-0.15, -0.1) is 0 Å². The minimum absolute atomic E-state index is 0.00149. The fraction of sp³-hybridized carbons (Fsp3) is 0.143. The molecule has 0 aliphatic heterocycles. The van der Waals surface area contributed by atoms with Crippen LogP contribution in [0.1, 0.15) is 73.6 Å². The summed E-state index contributed by atoms with van der Waals surface area (Å²) in [5.74, 6) is 0. The minimum atomic E-state index is -0.465. The van der Waals surface area contributed by atoms with E-state index in [9.17, 15) is 0 Å². The van der Waals surface area contributed by atoms with Crippen LogP contribution in [-0.4, -0.2) is 0 Å². The van der Waals surface area contributed by atoms with Gasteiger partial charge in [-0.2, -0.15) is 0 Å². The second-order valence-corrected chi connectivity index (χ2v) is 18.1. The molecule has 8 aromatic carbocycles. The van der Waals surface area contributed by atoms with Crippen molar-refractivity contribution in [1.29, 1.82) is 0 Å². The van der Waals surface area contributed by atoms with E-state index in [-0.39, 0.29) is 10.8 Å². The van der Waals surface area contributed by atoms with Crippen molar-refractivity contribution in [3.8, 4) is 33.4 Å². The number of fused-ring (bicyclic) bond motifs is 16. The highest BCUT2D eigenvalue weighted by Crippen LogP contribution is 2.64. The van der Waals surface area contributed by atoms with Crippen LogP contribution in [-0.2, 0) is 16.2 Å². The van der Waals surface area contributed by atoms with E-state index in [1.165, 1.54) is 72.3 Å². The molecule has 1 atom stereocenters. The highest BCUT2D eigenvalue weighted by Gasteiger charge is 2.52. The molecule has 278 valence electrons. The zero-order valence-corrected chi connectivity index (χ0v) is 33.5. The smallest absolute Gasteiger partial charge is 0.135 e. The van der Waals surface area contributed by atoms with E-state index in [2.05, 4.69) is 203 Å². The Bertz CT molecular complexity index is 3190. The number of furan rings is 1. The number of para-hydroxylation sites is 1. The molecule has 1 spiro atoms. The lowest BCUT2D eigenvalue weighted by molar-refractivity contribution is 0.588. The van der Waals surface area contributed by atoms with Gasteiger partial charge >= 0.3 is 0 Å². The second-order valence-electron chi connectivity index (χ2n) is 18.1. The summed E-state index contributed by atoms with van der Waals surface area (Å²) >= 11 is 0. The summed E-state index contributed by atoms with van der Waals surface area (Å²) in [6.07, 6.45) is 0. The van der Waals surface area contributed by atoms with Crippen LogP contribution in [0.2, 0.25) is 0 Å². The summed E-state index contributed by atoms with van der Waals surface area (Å²) in [6, 6.07) is 63.8. The van der Waals surface area contributed by atoms with Gasteiger partial charge in [0.15, 0.2) is 0 Å². The van der Waals surface area contributed by atoms with Crippen molar-refractivity contribution in [2.24, 2.45) is 0 Å². The zero-order chi connectivity index (χ0) is 39.1. The molecular weight excluding hydrogens is 703 g/mol. The molecule has 2 heteroatoms. The number of benzene rings is 8. The van der Waals surface area contributed by atoms with Gasteiger partial charge in [0.1, 0.15) is 11.2 Å². The van der Waals surface area contributed by atoms with Crippen LogP contribution >= 0.6 is 0 Å². The average Bonchev–Trinajstić information content (AvgIpc) is 3.92. The van der Waals surface area contributed by atoms with Gasteiger partial charge in [0.05, 0.1) is 5.41 Å². The minimum Gasteiger partial charge on any atom is -0.456 e. The highest BCUT2D eigenvalue weighted by molar-refractivity contribution is 6.07. The molecular formula is C56H43NO. The summed E-state index contributed by atoms with van der Waals surface area (Å²) in [7, 11) is 0. The van der Waals surface area contributed by atoms with Crippen LogP contribution in [0.4, 0.5) is 17.1 Å². The fourth-order valence-corrected chi connectivity index (χ4v) is 10.9. The van der Waals surface area contributed by atoms with Crippen molar-refractivity contribution in [1.82, 2.24) is 0 Å². The SMILES string of the molecule is CC(C)(C)c1ccc2c(c1)C1(c3ccccc3-c3ccc(N(c4ccc5c(c4)C(C)(C)c4ccccc4-5)c4ccc5oc6ccccc6c5c4)cc31)c1ccccc1-2. The van der Waals surface area contributed by atoms with Gasteiger partial charge in [-0.3, -0.25) is 0 Å². The predicted octanol–water partition coefficient (Wildman–Crippen LogP) is 15.0. The normalized spacial score (nSPS) is 16.6. The molecule has 2 nitrogen and oxygen atoms in total. The number of rotatable bonds is 3. The standard InChI is InChI=1S/C56H43NO/c1-54(2,3)34-22-26-42-39-15-7-11-19-47(39)56(50(42)30-34)48-20-12-8-16-40(48)43-28-24-37(33-51(43)56)57(35-25-29-53-45(31-35)44-17-9-13-21-52(44)58-53)36-23-27-41-38-14-6-10-18-46(38)55(4,5)49(41)32-36/h6-33H,1-5H3. The maximum absolute atomic E-state index is 6.36. The molecule has 0 saturated carbocycles. The Kier molecular flexibility index (Phi) is 6.63. The third-order valence-corrected chi connectivity index (χ3v) is 13.6. The highest BCUT2D eigenvalue weighted by atomic mass is 16.3. The molecule has 3 aliphatic rings. The monoisotopic (exact) mass is 745 g/mol. The van der Waals surface area contributed by atoms with Gasteiger partial charge in [0.2, 0.25) is 0 Å². The van der Waals surface area contributed by atoms with E-state index < -0.39 is 5.41 Å². The van der Waals surface area contributed by atoms with Gasteiger partial charge in [-0.1, -0.05) is 156 Å². The Labute approximate surface area is 340 Å². The molecule has 0 N–H and O–H groups in total. The van der Waals surface area contributed by atoms with E-state index in [1.807, 2.05) is 6.07 Å². The summed E-state index contributed by atoms with van der Waals surface area (Å²) in [6.45, 7) is 11.7. The Morgan fingerprint density at radius 3 is 1.53 bits per heavy atom. The van der Waals surface area contributed by atoms with Crippen LogP contribution in [0.5, 0.6) is 0 Å². The molecule has 0 fully saturated rings. The number of hydrogen-bond acceptors (Lipinski definition) is 2. The van der Waals surface area contributed by atoms with Crippen LogP contribution in [0.15, 0.2) is 174 Å². The number of anilines is 3. The average molecular weight is 746 g/mol. The van der Waals surface area contributed by atoms with E-state index in [1.54, 1.807) is 0 Å². The molecule has 9 aromatic rings. The topological polar surface area (TPSA) is 16.4 Å².